The van der Waals surface area contributed by atoms with Crippen LogP contribution < -0.4 is 26.8 Å². The van der Waals surface area contributed by atoms with Gasteiger partial charge < -0.3 is 40.8 Å². The van der Waals surface area contributed by atoms with Crippen LogP contribution in [0.4, 0.5) is 21.0 Å². The predicted octanol–water partition coefficient (Wildman–Crippen LogP) is 5.56. The van der Waals surface area contributed by atoms with E-state index in [1.165, 1.54) is 12.1 Å². The van der Waals surface area contributed by atoms with Gasteiger partial charge in [0.15, 0.2) is 0 Å². The van der Waals surface area contributed by atoms with Crippen LogP contribution in [-0.4, -0.2) is 71.0 Å². The number of nitrogens with zero attached hydrogens (tertiary/aromatic N) is 1. The molecule has 5 aromatic rings. The minimum atomic E-state index is -0.857. The third-order valence-electron chi connectivity index (χ3n) is 8.91. The molecule has 0 spiro atoms. The van der Waals surface area contributed by atoms with Gasteiger partial charge in [0.1, 0.15) is 11.9 Å². The van der Waals surface area contributed by atoms with Crippen molar-refractivity contribution in [3.8, 4) is 16.9 Å². The molecular weight excluding hydrogens is 648 g/mol. The van der Waals surface area contributed by atoms with Crippen molar-refractivity contribution in [2.24, 2.45) is 0 Å². The second kappa shape index (κ2) is 16.8. The highest BCUT2D eigenvalue weighted by Crippen LogP contribution is 2.29. The van der Waals surface area contributed by atoms with E-state index < -0.39 is 12.2 Å². The number of likely N-dealkylation sites (tertiary alicyclic amines) is 1. The molecule has 3 amide bonds. The summed E-state index contributed by atoms with van der Waals surface area (Å²) in [6.45, 7) is 3.44. The molecule has 1 aliphatic rings. The number of piperidine rings is 1. The van der Waals surface area contributed by atoms with E-state index in [0.717, 1.165) is 42.6 Å². The molecule has 0 saturated carbocycles. The van der Waals surface area contributed by atoms with Gasteiger partial charge in [0, 0.05) is 62.0 Å². The van der Waals surface area contributed by atoms with Crippen LogP contribution in [0.25, 0.3) is 22.0 Å². The number of hydrogen-bond acceptors (Lipinski definition) is 8. The van der Waals surface area contributed by atoms with Crippen LogP contribution in [-0.2, 0) is 11.3 Å². The van der Waals surface area contributed by atoms with Gasteiger partial charge in [-0.15, -0.1) is 0 Å². The number of rotatable bonds is 12. The Labute approximate surface area is 295 Å². The fourth-order valence-corrected chi connectivity index (χ4v) is 6.22. The van der Waals surface area contributed by atoms with E-state index in [1.807, 2.05) is 78.9 Å². The Hall–Kier alpha value is -5.69. The van der Waals surface area contributed by atoms with Crippen molar-refractivity contribution in [3.63, 3.8) is 0 Å². The Morgan fingerprint density at radius 2 is 1.63 bits per heavy atom. The quantitative estimate of drug-likeness (QED) is 0.0894. The van der Waals surface area contributed by atoms with Gasteiger partial charge in [-0.05, 0) is 59.9 Å². The molecule has 1 fully saturated rings. The van der Waals surface area contributed by atoms with Crippen molar-refractivity contribution in [3.05, 3.63) is 125 Å². The Kier molecular flexibility index (Phi) is 11.6. The van der Waals surface area contributed by atoms with Gasteiger partial charge in [0.05, 0.1) is 17.3 Å². The number of aromatic nitrogens is 1. The number of anilines is 2. The van der Waals surface area contributed by atoms with Crippen LogP contribution in [0.15, 0.2) is 108 Å². The third-order valence-corrected chi connectivity index (χ3v) is 8.91. The normalized spacial score (nSPS) is 14.1. The summed E-state index contributed by atoms with van der Waals surface area (Å²) in [4.78, 5) is 41.7. The van der Waals surface area contributed by atoms with Gasteiger partial charge in [-0.25, -0.2) is 9.59 Å². The van der Waals surface area contributed by atoms with Crippen molar-refractivity contribution in [2.75, 3.05) is 43.4 Å². The summed E-state index contributed by atoms with van der Waals surface area (Å²) in [5.74, 6) is -0.0541. The van der Waals surface area contributed by atoms with E-state index in [4.69, 9.17) is 4.74 Å². The predicted molar refractivity (Wildman–Crippen MR) is 198 cm³/mol. The van der Waals surface area contributed by atoms with Crippen LogP contribution in [0.2, 0.25) is 0 Å². The summed E-state index contributed by atoms with van der Waals surface area (Å²) in [7, 11) is 0. The topological polar surface area (TPSA) is 168 Å². The molecule has 264 valence electrons. The average molecular weight is 691 g/mol. The lowest BCUT2D eigenvalue weighted by Gasteiger charge is -2.31. The number of aromatic amines is 1. The molecule has 12 heteroatoms. The zero-order valence-corrected chi connectivity index (χ0v) is 28.1. The SMILES string of the molecule is O=C(NCCN1CCC(OC(=O)Nc2ccccc2-c2ccccc2)CC1)Nc1ccc(CNC[C@H](O)c2ccc(O)c3[nH]c(=O)ccc23)cc1. The summed E-state index contributed by atoms with van der Waals surface area (Å²) < 4.78 is 5.73. The molecule has 7 N–H and O–H groups in total. The van der Waals surface area contributed by atoms with E-state index >= 15 is 0 Å². The number of ether oxygens (including phenoxy) is 1. The number of aliphatic hydroxyl groups is 1. The number of pyridine rings is 1. The van der Waals surface area contributed by atoms with Crippen molar-refractivity contribution < 1.29 is 24.5 Å². The maximum Gasteiger partial charge on any atom is 0.411 e. The van der Waals surface area contributed by atoms with E-state index in [1.54, 1.807) is 12.1 Å². The summed E-state index contributed by atoms with van der Waals surface area (Å²) in [5.41, 5.74) is 4.84. The van der Waals surface area contributed by atoms with E-state index in [0.29, 0.717) is 47.5 Å². The fraction of sp³-hybridized carbons (Fsp3) is 0.256. The number of nitrogens with one attached hydrogen (secondary N) is 5. The van der Waals surface area contributed by atoms with Crippen molar-refractivity contribution in [1.82, 2.24) is 20.5 Å². The van der Waals surface area contributed by atoms with Crippen molar-refractivity contribution in [1.29, 1.82) is 0 Å². The largest absolute Gasteiger partial charge is 0.506 e. The smallest absolute Gasteiger partial charge is 0.411 e. The molecule has 1 aliphatic heterocycles. The standard InChI is InChI=1S/C39H42N6O6/c46-34-16-14-31(32-15-17-36(48)44-37(32)34)35(47)25-40-24-26-10-12-28(13-11-26)42-38(49)41-20-23-45-21-18-29(19-22-45)51-39(50)43-33-9-5-4-8-30(33)27-6-2-1-3-7-27/h1-17,29,35,40,46-47H,18-25H2,(H,43,50)(H,44,48)(H2,41,42,49)/t35-/m0/s1. The molecule has 1 atom stereocenters. The molecule has 6 rings (SSSR count). The molecule has 2 heterocycles. The van der Waals surface area contributed by atoms with Crippen LogP contribution in [0.5, 0.6) is 5.75 Å². The number of aliphatic hydroxyl groups excluding tert-OH is 1. The number of phenolic OH excluding ortho intramolecular Hbond substituents is 1. The molecule has 51 heavy (non-hydrogen) atoms. The number of phenols is 1. The van der Waals surface area contributed by atoms with E-state index in [2.05, 4.69) is 31.2 Å². The van der Waals surface area contributed by atoms with Gasteiger partial charge in [-0.1, -0.05) is 66.7 Å². The molecule has 0 aliphatic carbocycles. The second-order valence-corrected chi connectivity index (χ2v) is 12.5. The minimum absolute atomic E-state index is 0.0541. The highest BCUT2D eigenvalue weighted by Gasteiger charge is 2.23. The van der Waals surface area contributed by atoms with E-state index in [9.17, 15) is 24.6 Å². The number of fused-ring (bicyclic) bond motifs is 1. The van der Waals surface area contributed by atoms with Gasteiger partial charge in [-0.2, -0.15) is 0 Å². The van der Waals surface area contributed by atoms with Crippen LogP contribution >= 0.6 is 0 Å². The third kappa shape index (κ3) is 9.51. The lowest BCUT2D eigenvalue weighted by atomic mass is 10.0. The molecule has 4 aromatic carbocycles. The summed E-state index contributed by atoms with van der Waals surface area (Å²) in [5, 5.41) is 33.3. The summed E-state index contributed by atoms with van der Waals surface area (Å²) in [6.07, 6.45) is -0.0505. The Bertz CT molecular complexity index is 1990. The molecule has 0 bridgehead atoms. The first-order chi connectivity index (χ1) is 24.8. The molecule has 1 aromatic heterocycles. The van der Waals surface area contributed by atoms with Gasteiger partial charge in [0.2, 0.25) is 5.56 Å². The first-order valence-corrected chi connectivity index (χ1v) is 17.0. The van der Waals surface area contributed by atoms with Crippen LogP contribution in [0, 0.1) is 0 Å². The summed E-state index contributed by atoms with van der Waals surface area (Å²) >= 11 is 0. The zero-order chi connectivity index (χ0) is 35.6. The molecule has 0 radical (unpaired) electrons. The number of H-pyrrole nitrogens is 1. The van der Waals surface area contributed by atoms with Gasteiger partial charge >= 0.3 is 12.1 Å². The second-order valence-electron chi connectivity index (χ2n) is 12.5. The number of benzene rings is 4. The number of hydrogen-bond donors (Lipinski definition) is 7. The minimum Gasteiger partial charge on any atom is -0.506 e. The maximum absolute atomic E-state index is 12.7. The van der Waals surface area contributed by atoms with Crippen molar-refractivity contribution in [2.45, 2.75) is 31.6 Å². The lowest BCUT2D eigenvalue weighted by Crippen LogP contribution is -2.42. The lowest BCUT2D eigenvalue weighted by molar-refractivity contribution is 0.0594. The Balaban J connectivity index is 0.864. The van der Waals surface area contributed by atoms with Gasteiger partial charge in [-0.3, -0.25) is 10.1 Å². The average Bonchev–Trinajstić information content (AvgIpc) is 3.14. The van der Waals surface area contributed by atoms with E-state index in [-0.39, 0.29) is 30.0 Å². The van der Waals surface area contributed by atoms with Crippen LogP contribution in [0.1, 0.15) is 30.1 Å². The molecule has 1 saturated heterocycles. The first-order valence-electron chi connectivity index (χ1n) is 17.0. The number of aromatic hydroxyl groups is 1. The highest BCUT2D eigenvalue weighted by molar-refractivity contribution is 5.92. The molecule has 12 nitrogen and oxygen atoms in total. The number of carbonyl (C=O) groups is 2. The van der Waals surface area contributed by atoms with Gasteiger partial charge in [0.25, 0.3) is 0 Å². The first kappa shape index (κ1) is 35.1. The highest BCUT2D eigenvalue weighted by atomic mass is 16.6. The number of amides is 3. The number of urea groups is 1. The Morgan fingerprint density at radius 1 is 0.882 bits per heavy atom. The zero-order valence-electron chi connectivity index (χ0n) is 28.1. The van der Waals surface area contributed by atoms with Crippen LogP contribution in [0.3, 0.4) is 0 Å². The monoisotopic (exact) mass is 690 g/mol. The number of carbonyl (C=O) groups excluding carboxylic acids is 2. The Morgan fingerprint density at radius 3 is 2.41 bits per heavy atom. The number of para-hydroxylation sites is 1. The maximum atomic E-state index is 12.7. The fourth-order valence-electron chi connectivity index (χ4n) is 6.22. The summed E-state index contributed by atoms with van der Waals surface area (Å²) in [6, 6.07) is 30.7. The molecule has 0 unspecified atom stereocenters. The molecular formula is C39H42N6O6. The van der Waals surface area contributed by atoms with Crippen molar-refractivity contribution >= 4 is 34.4 Å².